The molecule has 1 unspecified atom stereocenters. The number of carboxylic acid groups (broad SMARTS) is 1. The number of ether oxygens (including phenoxy) is 1. The summed E-state index contributed by atoms with van der Waals surface area (Å²) in [6.45, 7) is 13.9. The van der Waals surface area contributed by atoms with E-state index in [9.17, 15) is 9.90 Å². The summed E-state index contributed by atoms with van der Waals surface area (Å²) >= 11 is 0. The van der Waals surface area contributed by atoms with Gasteiger partial charge in [-0.1, -0.05) is 44.2 Å². The highest BCUT2D eigenvalue weighted by Gasteiger charge is 2.35. The summed E-state index contributed by atoms with van der Waals surface area (Å²) < 4.78 is 6.06. The molecule has 1 aliphatic rings. The fraction of sp³-hybridized carbons (Fsp3) is 0.520. The molecule has 0 saturated carbocycles. The van der Waals surface area contributed by atoms with Crippen LogP contribution in [0.5, 0.6) is 0 Å². The van der Waals surface area contributed by atoms with E-state index in [1.54, 1.807) is 0 Å². The number of aryl methyl sites for hydroxylation is 1. The first kappa shape index (κ1) is 22.3. The van der Waals surface area contributed by atoms with Gasteiger partial charge in [0.05, 0.1) is 11.3 Å². The topological polar surface area (TPSA) is 62.7 Å². The van der Waals surface area contributed by atoms with Crippen LogP contribution in [0.1, 0.15) is 64.8 Å². The maximum absolute atomic E-state index is 12.3. The predicted octanol–water partition coefficient (Wildman–Crippen LogP) is 5.62. The zero-order valence-electron chi connectivity index (χ0n) is 19.0. The Balaban J connectivity index is 2.21. The Labute approximate surface area is 180 Å². The van der Waals surface area contributed by atoms with E-state index >= 15 is 0 Å². The number of aliphatic carboxylic acids is 1. The van der Waals surface area contributed by atoms with Gasteiger partial charge >= 0.3 is 5.97 Å². The zero-order chi connectivity index (χ0) is 22.1. The van der Waals surface area contributed by atoms with Crippen molar-refractivity contribution in [2.75, 3.05) is 18.0 Å². The fourth-order valence-corrected chi connectivity index (χ4v) is 4.01. The minimum atomic E-state index is -1.08. The van der Waals surface area contributed by atoms with Crippen molar-refractivity contribution in [1.82, 2.24) is 4.98 Å². The Hall–Kier alpha value is -2.40. The lowest BCUT2D eigenvalue weighted by atomic mass is 9.82. The molecule has 1 aliphatic heterocycles. The minimum absolute atomic E-state index is 0.291. The molecule has 1 atom stereocenters. The molecule has 1 aromatic carbocycles. The van der Waals surface area contributed by atoms with Crippen LogP contribution in [0.2, 0.25) is 0 Å². The molecule has 1 fully saturated rings. The maximum Gasteiger partial charge on any atom is 0.337 e. The van der Waals surface area contributed by atoms with Crippen molar-refractivity contribution in [1.29, 1.82) is 0 Å². The number of hydrogen-bond acceptors (Lipinski definition) is 4. The lowest BCUT2D eigenvalue weighted by Gasteiger charge is -2.41. The van der Waals surface area contributed by atoms with Crippen LogP contribution >= 0.6 is 0 Å². The monoisotopic (exact) mass is 410 g/mol. The highest BCUT2D eigenvalue weighted by Crippen LogP contribution is 2.43. The van der Waals surface area contributed by atoms with Crippen molar-refractivity contribution >= 4 is 11.7 Å². The number of hydrogen-bond donors (Lipinski definition) is 1. The highest BCUT2D eigenvalue weighted by molar-refractivity contribution is 5.86. The van der Waals surface area contributed by atoms with Crippen LogP contribution in [0.25, 0.3) is 11.1 Å². The second-order valence-corrected chi connectivity index (χ2v) is 9.99. The largest absolute Gasteiger partial charge is 0.479 e. The van der Waals surface area contributed by atoms with E-state index in [-0.39, 0.29) is 0 Å². The number of nitrogens with zero attached hydrogens (tertiary/aromatic N) is 2. The summed E-state index contributed by atoms with van der Waals surface area (Å²) in [5, 5.41) is 10.1. The Morgan fingerprint density at radius 3 is 2.30 bits per heavy atom. The van der Waals surface area contributed by atoms with Crippen LogP contribution in [0.4, 0.5) is 5.69 Å². The van der Waals surface area contributed by atoms with Gasteiger partial charge in [-0.15, -0.1) is 0 Å². The van der Waals surface area contributed by atoms with E-state index in [4.69, 9.17) is 4.74 Å². The maximum atomic E-state index is 12.3. The average molecular weight is 411 g/mol. The molecule has 5 nitrogen and oxygen atoms in total. The molecule has 2 aromatic rings. The lowest BCUT2D eigenvalue weighted by Crippen LogP contribution is -2.39. The van der Waals surface area contributed by atoms with Crippen molar-refractivity contribution in [2.45, 2.75) is 66.1 Å². The van der Waals surface area contributed by atoms with Gasteiger partial charge in [-0.25, -0.2) is 4.79 Å². The second kappa shape index (κ2) is 8.38. The van der Waals surface area contributed by atoms with Crippen LogP contribution in [-0.4, -0.2) is 34.8 Å². The van der Waals surface area contributed by atoms with Crippen molar-refractivity contribution in [3.63, 3.8) is 0 Å². The fourth-order valence-electron chi connectivity index (χ4n) is 4.01. The van der Waals surface area contributed by atoms with E-state index in [1.807, 2.05) is 64.2 Å². The van der Waals surface area contributed by atoms with Crippen LogP contribution in [0.3, 0.4) is 0 Å². The number of pyridine rings is 1. The number of benzene rings is 1. The standard InChI is InChI=1S/C25H34N2O3/c1-17-20(22(23(28)29)30-24(2,3)4)21(27-14-12-25(5,6)13-15-27)19(16-26-17)18-10-8-7-9-11-18/h7-11,16,22H,12-15H2,1-6H3,(H,28,29). The van der Waals surface area contributed by atoms with Gasteiger partial charge in [-0.2, -0.15) is 0 Å². The second-order valence-electron chi connectivity index (χ2n) is 9.99. The van der Waals surface area contributed by atoms with Crippen molar-refractivity contribution in [2.24, 2.45) is 5.41 Å². The first-order valence-electron chi connectivity index (χ1n) is 10.7. The molecule has 0 spiro atoms. The molecule has 30 heavy (non-hydrogen) atoms. The number of rotatable bonds is 5. The molecular weight excluding hydrogens is 376 g/mol. The lowest BCUT2D eigenvalue weighted by molar-refractivity contribution is -0.160. The van der Waals surface area contributed by atoms with E-state index in [0.29, 0.717) is 16.7 Å². The molecular formula is C25H34N2O3. The number of aromatic nitrogens is 1. The molecule has 0 aliphatic carbocycles. The number of anilines is 1. The quantitative estimate of drug-likeness (QED) is 0.693. The normalized spacial score (nSPS) is 17.6. The molecule has 0 amide bonds. The Morgan fingerprint density at radius 2 is 1.77 bits per heavy atom. The van der Waals surface area contributed by atoms with Gasteiger partial charge in [0.15, 0.2) is 6.10 Å². The number of piperidine rings is 1. The van der Waals surface area contributed by atoms with Crippen molar-refractivity contribution in [3.05, 3.63) is 47.8 Å². The first-order valence-corrected chi connectivity index (χ1v) is 10.7. The molecule has 1 saturated heterocycles. The Kier molecular flexibility index (Phi) is 6.23. The molecule has 162 valence electrons. The molecule has 1 N–H and O–H groups in total. The van der Waals surface area contributed by atoms with Crippen molar-refractivity contribution in [3.8, 4) is 11.1 Å². The van der Waals surface area contributed by atoms with Gasteiger partial charge < -0.3 is 14.7 Å². The van der Waals surface area contributed by atoms with E-state index < -0.39 is 17.7 Å². The van der Waals surface area contributed by atoms with E-state index in [2.05, 4.69) is 23.7 Å². The van der Waals surface area contributed by atoms with Gasteiger partial charge in [0.25, 0.3) is 0 Å². The van der Waals surface area contributed by atoms with Crippen LogP contribution in [-0.2, 0) is 9.53 Å². The van der Waals surface area contributed by atoms with Gasteiger partial charge in [0.2, 0.25) is 0 Å². The smallest absolute Gasteiger partial charge is 0.337 e. The highest BCUT2D eigenvalue weighted by atomic mass is 16.5. The summed E-state index contributed by atoms with van der Waals surface area (Å²) in [4.78, 5) is 19.3. The third-order valence-corrected chi connectivity index (χ3v) is 5.76. The van der Waals surface area contributed by atoms with E-state index in [1.165, 1.54) is 0 Å². The predicted molar refractivity (Wildman–Crippen MR) is 121 cm³/mol. The molecule has 0 radical (unpaired) electrons. The summed E-state index contributed by atoms with van der Waals surface area (Å²) in [5.74, 6) is -0.987. The van der Waals surface area contributed by atoms with Gasteiger partial charge in [0.1, 0.15) is 0 Å². The van der Waals surface area contributed by atoms with Gasteiger partial charge in [-0.05, 0) is 51.5 Å². The van der Waals surface area contributed by atoms with Crippen LogP contribution in [0.15, 0.2) is 36.5 Å². The summed E-state index contributed by atoms with van der Waals surface area (Å²) in [5.41, 5.74) is 4.00. The third-order valence-electron chi connectivity index (χ3n) is 5.76. The summed E-state index contributed by atoms with van der Waals surface area (Å²) in [7, 11) is 0. The summed E-state index contributed by atoms with van der Waals surface area (Å²) in [6.07, 6.45) is 2.91. The minimum Gasteiger partial charge on any atom is -0.479 e. The molecule has 1 aromatic heterocycles. The van der Waals surface area contributed by atoms with Crippen molar-refractivity contribution < 1.29 is 14.6 Å². The summed E-state index contributed by atoms with van der Waals surface area (Å²) in [6, 6.07) is 10.1. The number of carbonyl (C=O) groups is 1. The zero-order valence-corrected chi connectivity index (χ0v) is 19.0. The molecule has 3 rings (SSSR count). The number of carboxylic acids is 1. The van der Waals surface area contributed by atoms with E-state index in [0.717, 1.165) is 42.7 Å². The SMILES string of the molecule is Cc1ncc(-c2ccccc2)c(N2CCC(C)(C)CC2)c1C(OC(C)(C)C)C(=O)O. The van der Waals surface area contributed by atoms with Crippen LogP contribution < -0.4 is 4.90 Å². The van der Waals surface area contributed by atoms with Gasteiger partial charge in [-0.3, -0.25) is 4.98 Å². The Bertz CT molecular complexity index is 891. The van der Waals surface area contributed by atoms with Crippen LogP contribution in [0, 0.1) is 12.3 Å². The Morgan fingerprint density at radius 1 is 1.17 bits per heavy atom. The average Bonchev–Trinajstić information content (AvgIpc) is 2.66. The first-order chi connectivity index (χ1) is 14.0. The van der Waals surface area contributed by atoms with Gasteiger partial charge in [0, 0.05) is 36.1 Å². The molecule has 5 heteroatoms. The third kappa shape index (κ3) is 5.01. The molecule has 2 heterocycles. The molecule has 0 bridgehead atoms.